The van der Waals surface area contributed by atoms with Crippen molar-refractivity contribution in [2.24, 2.45) is 11.8 Å². The lowest BCUT2D eigenvalue weighted by Crippen LogP contribution is -2.24. The Morgan fingerprint density at radius 3 is 2.45 bits per heavy atom. The lowest BCUT2D eigenvalue weighted by Gasteiger charge is -2.26. The predicted molar refractivity (Wildman–Crippen MR) is 69.1 cm³/mol. The first-order valence-electron chi connectivity index (χ1n) is 6.61. The Morgan fingerprint density at radius 1 is 1.25 bits per heavy atom. The lowest BCUT2D eigenvalue weighted by atomic mass is 9.89. The van der Waals surface area contributed by atoms with Crippen molar-refractivity contribution in [3.63, 3.8) is 0 Å². The van der Waals surface area contributed by atoms with Crippen LogP contribution in [0.3, 0.4) is 0 Å². The van der Waals surface area contributed by atoms with Gasteiger partial charge in [-0.3, -0.25) is 0 Å². The smallest absolute Gasteiger partial charge is 0.416 e. The number of hydrogen-bond acceptors (Lipinski definition) is 4. The van der Waals surface area contributed by atoms with E-state index in [2.05, 4.69) is 17.3 Å². The Morgan fingerprint density at radius 2 is 1.90 bits per heavy atom. The minimum absolute atomic E-state index is 0.0349. The highest BCUT2D eigenvalue weighted by Crippen LogP contribution is 2.33. The Hall–Kier alpha value is -1.50. The summed E-state index contributed by atoms with van der Waals surface area (Å²) < 4.78 is 43.9. The monoisotopic (exact) mass is 289 g/mol. The molecule has 0 saturated heterocycles. The lowest BCUT2D eigenvalue weighted by molar-refractivity contribution is -0.137. The van der Waals surface area contributed by atoms with Gasteiger partial charge in [-0.25, -0.2) is 5.84 Å². The number of pyridine rings is 1. The van der Waals surface area contributed by atoms with Crippen molar-refractivity contribution >= 4 is 5.82 Å². The number of rotatable bonds is 3. The second-order valence-corrected chi connectivity index (χ2v) is 5.22. The molecule has 0 atom stereocenters. The zero-order valence-corrected chi connectivity index (χ0v) is 11.2. The Labute approximate surface area is 115 Å². The van der Waals surface area contributed by atoms with Gasteiger partial charge in [-0.05, 0) is 37.7 Å². The van der Waals surface area contributed by atoms with Crippen molar-refractivity contribution in [1.29, 1.82) is 0 Å². The molecule has 20 heavy (non-hydrogen) atoms. The van der Waals surface area contributed by atoms with Crippen LogP contribution < -0.4 is 16.0 Å². The first-order valence-corrected chi connectivity index (χ1v) is 6.61. The summed E-state index contributed by atoms with van der Waals surface area (Å²) in [5, 5.41) is 0. The molecule has 1 aliphatic rings. The molecule has 1 aromatic rings. The summed E-state index contributed by atoms with van der Waals surface area (Å²) in [6, 6.07) is 1.77. The van der Waals surface area contributed by atoms with E-state index < -0.39 is 11.7 Å². The fourth-order valence-corrected chi connectivity index (χ4v) is 2.32. The van der Waals surface area contributed by atoms with Crippen molar-refractivity contribution in [1.82, 2.24) is 4.98 Å². The fraction of sp³-hybridized carbons (Fsp3) is 0.615. The van der Waals surface area contributed by atoms with E-state index in [1.54, 1.807) is 0 Å². The van der Waals surface area contributed by atoms with Gasteiger partial charge in [0, 0.05) is 6.07 Å². The van der Waals surface area contributed by atoms with Crippen molar-refractivity contribution in [3.05, 3.63) is 17.7 Å². The molecule has 1 heterocycles. The summed E-state index contributed by atoms with van der Waals surface area (Å²) in [4.78, 5) is 3.92. The number of anilines is 1. The summed E-state index contributed by atoms with van der Waals surface area (Å²) in [6.07, 6.45) is -0.812. The van der Waals surface area contributed by atoms with E-state index in [1.165, 1.54) is 0 Å². The van der Waals surface area contributed by atoms with E-state index in [4.69, 9.17) is 10.6 Å². The highest BCUT2D eigenvalue weighted by molar-refractivity contribution is 5.41. The molecule has 0 spiro atoms. The summed E-state index contributed by atoms with van der Waals surface area (Å²) in [7, 11) is 0. The Bertz CT molecular complexity index is 457. The average molecular weight is 289 g/mol. The summed E-state index contributed by atoms with van der Waals surface area (Å²) in [6.45, 7) is 2.16. The number of ether oxygens (including phenoxy) is 1. The highest BCUT2D eigenvalue weighted by Gasteiger charge is 2.32. The van der Waals surface area contributed by atoms with Crippen LogP contribution >= 0.6 is 0 Å². The molecule has 1 saturated carbocycles. The SMILES string of the molecule is CC1CCC(Oc2cc(C(F)(F)F)cc(NN)n2)CC1. The molecule has 1 aliphatic carbocycles. The molecule has 1 fully saturated rings. The van der Waals surface area contributed by atoms with E-state index in [0.29, 0.717) is 5.92 Å². The molecule has 0 amide bonds. The summed E-state index contributed by atoms with van der Waals surface area (Å²) >= 11 is 0. The van der Waals surface area contributed by atoms with Crippen LogP contribution in [0.4, 0.5) is 19.0 Å². The number of aromatic nitrogens is 1. The number of nitrogens with one attached hydrogen (secondary N) is 1. The average Bonchev–Trinajstić information content (AvgIpc) is 2.40. The molecule has 0 radical (unpaired) electrons. The van der Waals surface area contributed by atoms with Gasteiger partial charge >= 0.3 is 6.18 Å². The minimum atomic E-state index is -4.45. The van der Waals surface area contributed by atoms with Gasteiger partial charge in [-0.2, -0.15) is 18.2 Å². The van der Waals surface area contributed by atoms with Gasteiger partial charge in [0.25, 0.3) is 0 Å². The minimum Gasteiger partial charge on any atom is -0.474 e. The van der Waals surface area contributed by atoms with Gasteiger partial charge in [0.2, 0.25) is 5.88 Å². The summed E-state index contributed by atoms with van der Waals surface area (Å²) in [5.74, 6) is 5.70. The topological polar surface area (TPSA) is 60.2 Å². The van der Waals surface area contributed by atoms with Crippen LogP contribution in [0.5, 0.6) is 5.88 Å². The molecular weight excluding hydrogens is 271 g/mol. The van der Waals surface area contributed by atoms with Crippen LogP contribution in [-0.2, 0) is 6.18 Å². The second-order valence-electron chi connectivity index (χ2n) is 5.22. The molecule has 3 N–H and O–H groups in total. The Balaban J connectivity index is 2.14. The van der Waals surface area contributed by atoms with Crippen LogP contribution in [0.1, 0.15) is 38.2 Å². The zero-order valence-electron chi connectivity index (χ0n) is 11.2. The van der Waals surface area contributed by atoms with Gasteiger partial charge in [0.1, 0.15) is 11.9 Å². The van der Waals surface area contributed by atoms with Crippen LogP contribution in [0.25, 0.3) is 0 Å². The highest BCUT2D eigenvalue weighted by atomic mass is 19.4. The van der Waals surface area contributed by atoms with Crippen LogP contribution in [-0.4, -0.2) is 11.1 Å². The van der Waals surface area contributed by atoms with Gasteiger partial charge < -0.3 is 10.2 Å². The largest absolute Gasteiger partial charge is 0.474 e. The molecule has 4 nitrogen and oxygen atoms in total. The maximum atomic E-state index is 12.8. The van der Waals surface area contributed by atoms with Crippen molar-refractivity contribution in [2.45, 2.75) is 44.9 Å². The van der Waals surface area contributed by atoms with Gasteiger partial charge in [0.05, 0.1) is 5.56 Å². The van der Waals surface area contributed by atoms with E-state index in [1.807, 2.05) is 0 Å². The predicted octanol–water partition coefficient (Wildman–Crippen LogP) is 3.34. The van der Waals surface area contributed by atoms with Crippen molar-refractivity contribution in [2.75, 3.05) is 5.43 Å². The van der Waals surface area contributed by atoms with Gasteiger partial charge in [-0.15, -0.1) is 0 Å². The van der Waals surface area contributed by atoms with E-state index in [-0.39, 0.29) is 17.8 Å². The third kappa shape index (κ3) is 3.75. The van der Waals surface area contributed by atoms with Gasteiger partial charge in [-0.1, -0.05) is 6.92 Å². The van der Waals surface area contributed by atoms with Crippen LogP contribution in [0.2, 0.25) is 0 Å². The van der Waals surface area contributed by atoms with E-state index in [0.717, 1.165) is 37.8 Å². The number of nitrogen functional groups attached to an aromatic ring is 1. The number of halogens is 3. The zero-order chi connectivity index (χ0) is 14.8. The standard InChI is InChI=1S/C13H18F3N3O/c1-8-2-4-10(5-3-8)20-12-7-9(13(14,15)16)6-11(18-12)19-17/h6-8,10H,2-5,17H2,1H3,(H,18,19). The third-order valence-electron chi connectivity index (χ3n) is 3.53. The van der Waals surface area contributed by atoms with Gasteiger partial charge in [0.15, 0.2) is 0 Å². The number of hydrogen-bond donors (Lipinski definition) is 2. The molecule has 2 rings (SSSR count). The van der Waals surface area contributed by atoms with E-state index in [9.17, 15) is 13.2 Å². The molecule has 1 aromatic heterocycles. The second kappa shape index (κ2) is 5.87. The summed E-state index contributed by atoms with van der Waals surface area (Å²) in [5.41, 5.74) is 1.31. The maximum absolute atomic E-state index is 12.8. The molecule has 0 unspecified atom stereocenters. The number of alkyl halides is 3. The molecule has 0 bridgehead atoms. The number of hydrazine groups is 1. The number of nitrogens with zero attached hydrogens (tertiary/aromatic N) is 1. The van der Waals surface area contributed by atoms with Crippen molar-refractivity contribution < 1.29 is 17.9 Å². The molecule has 7 heteroatoms. The molecule has 0 aliphatic heterocycles. The van der Waals surface area contributed by atoms with Crippen LogP contribution in [0.15, 0.2) is 12.1 Å². The normalized spacial score (nSPS) is 23.4. The maximum Gasteiger partial charge on any atom is 0.416 e. The first-order chi connectivity index (χ1) is 9.38. The molecule has 112 valence electrons. The third-order valence-corrected chi connectivity index (χ3v) is 3.53. The Kier molecular flexibility index (Phi) is 4.37. The molecular formula is C13H18F3N3O. The van der Waals surface area contributed by atoms with Crippen molar-refractivity contribution in [3.8, 4) is 5.88 Å². The molecule has 0 aromatic carbocycles. The quantitative estimate of drug-likeness (QED) is 0.662. The number of nitrogens with two attached hydrogens (primary N) is 1. The van der Waals surface area contributed by atoms with Crippen LogP contribution in [0, 0.1) is 5.92 Å². The first kappa shape index (κ1) is 14.9. The fourth-order valence-electron chi connectivity index (χ4n) is 2.32. The van der Waals surface area contributed by atoms with E-state index >= 15 is 0 Å².